The van der Waals surface area contributed by atoms with Gasteiger partial charge < -0.3 is 26.8 Å². The van der Waals surface area contributed by atoms with Crippen LogP contribution in [-0.4, -0.2) is 40.8 Å². The van der Waals surface area contributed by atoms with Gasteiger partial charge in [0, 0.05) is 30.1 Å². The Labute approximate surface area is 177 Å². The predicted molar refractivity (Wildman–Crippen MR) is 119 cm³/mol. The van der Waals surface area contributed by atoms with Crippen LogP contribution < -0.4 is 26.8 Å². The molecule has 10 heteroatoms. The van der Waals surface area contributed by atoms with Crippen molar-refractivity contribution in [2.45, 2.75) is 13.5 Å². The first-order chi connectivity index (χ1) is 14.5. The van der Waals surface area contributed by atoms with E-state index in [0.717, 1.165) is 43.1 Å². The number of urea groups is 1. The summed E-state index contributed by atoms with van der Waals surface area (Å²) in [7, 11) is 1.68. The minimum Gasteiger partial charge on any atom is -0.495 e. The Morgan fingerprint density at radius 1 is 1.27 bits per heavy atom. The lowest BCUT2D eigenvalue weighted by molar-refractivity contribution is 0.249. The van der Waals surface area contributed by atoms with Crippen LogP contribution in [0.4, 0.5) is 10.6 Å². The van der Waals surface area contributed by atoms with E-state index in [2.05, 4.69) is 45.8 Å². The zero-order chi connectivity index (χ0) is 21.3. The molecule has 0 unspecified atom stereocenters. The summed E-state index contributed by atoms with van der Waals surface area (Å²) in [5.74, 6) is 1.28. The number of hydrogen-bond acceptors (Lipinski definition) is 7. The summed E-state index contributed by atoms with van der Waals surface area (Å²) in [6.45, 7) is 3.62. The number of nitrogens with zero attached hydrogens (tertiary/aromatic N) is 3. The normalized spacial score (nSPS) is 11.3. The number of aryl methyl sites for hydroxylation is 1. The van der Waals surface area contributed by atoms with E-state index in [-0.39, 0.29) is 0 Å². The number of carbonyl (C=O) groups excluding carboxylic acids is 1. The summed E-state index contributed by atoms with van der Waals surface area (Å²) in [4.78, 5) is 16.0. The lowest BCUT2D eigenvalue weighted by atomic mass is 10.1. The Morgan fingerprint density at radius 2 is 2.10 bits per heavy atom. The van der Waals surface area contributed by atoms with Gasteiger partial charge in [-0.2, -0.15) is 5.10 Å². The summed E-state index contributed by atoms with van der Waals surface area (Å²) in [6, 6.07) is 7.85. The minimum atomic E-state index is -0.539. The van der Waals surface area contributed by atoms with Crippen LogP contribution in [0.3, 0.4) is 0 Å². The molecule has 0 aliphatic heterocycles. The molecule has 4 rings (SSSR count). The van der Waals surface area contributed by atoms with Gasteiger partial charge in [0.15, 0.2) is 5.82 Å². The van der Waals surface area contributed by atoms with Gasteiger partial charge in [-0.15, -0.1) is 11.3 Å². The van der Waals surface area contributed by atoms with Crippen LogP contribution in [0.25, 0.3) is 26.0 Å². The van der Waals surface area contributed by atoms with E-state index in [1.807, 2.05) is 6.07 Å². The summed E-state index contributed by atoms with van der Waals surface area (Å²) in [5.41, 5.74) is 15.1. The van der Waals surface area contributed by atoms with Crippen LogP contribution in [-0.2, 0) is 6.54 Å². The van der Waals surface area contributed by atoms with Crippen molar-refractivity contribution in [3.05, 3.63) is 41.9 Å². The number of rotatable bonds is 7. The number of carbonyl (C=O) groups is 1. The fourth-order valence-electron chi connectivity index (χ4n) is 3.49. The zero-order valence-corrected chi connectivity index (χ0v) is 17.5. The molecule has 6 N–H and O–H groups in total. The van der Waals surface area contributed by atoms with Gasteiger partial charge in [-0.1, -0.05) is 6.07 Å². The highest BCUT2D eigenvalue weighted by atomic mass is 32.1. The number of methoxy groups -OCH3 is 1. The van der Waals surface area contributed by atoms with Crippen molar-refractivity contribution in [1.82, 2.24) is 25.2 Å². The Hall–Kier alpha value is -3.37. The second kappa shape index (κ2) is 8.17. The first-order valence-electron chi connectivity index (χ1n) is 9.41. The molecule has 0 fully saturated rings. The molecular formula is C20H23N7O2S. The van der Waals surface area contributed by atoms with Crippen molar-refractivity contribution in [2.75, 3.05) is 25.9 Å². The van der Waals surface area contributed by atoms with E-state index in [9.17, 15) is 4.79 Å². The van der Waals surface area contributed by atoms with Gasteiger partial charge in [-0.05, 0) is 36.1 Å². The maximum Gasteiger partial charge on any atom is 0.312 e. The smallest absolute Gasteiger partial charge is 0.312 e. The largest absolute Gasteiger partial charge is 0.495 e. The van der Waals surface area contributed by atoms with Crippen molar-refractivity contribution < 1.29 is 9.53 Å². The van der Waals surface area contributed by atoms with Crippen LogP contribution in [0.2, 0.25) is 0 Å². The van der Waals surface area contributed by atoms with E-state index in [1.54, 1.807) is 23.0 Å². The summed E-state index contributed by atoms with van der Waals surface area (Å²) >= 11 is 1.65. The molecule has 2 amide bonds. The van der Waals surface area contributed by atoms with Gasteiger partial charge in [0.05, 0.1) is 17.5 Å². The molecule has 0 saturated heterocycles. The lowest BCUT2D eigenvalue weighted by Gasteiger charge is -2.05. The third-order valence-corrected chi connectivity index (χ3v) is 5.97. The summed E-state index contributed by atoms with van der Waals surface area (Å²) in [6.07, 6.45) is 1.45. The SMILES string of the molecule is COc1cc(C)cc2cc(-c3cc(CNCCNC(N)=O)n4ncnc(N)c34)sc12. The van der Waals surface area contributed by atoms with Crippen LogP contribution in [0.15, 0.2) is 30.6 Å². The quantitative estimate of drug-likeness (QED) is 0.336. The van der Waals surface area contributed by atoms with Crippen molar-refractivity contribution in [2.24, 2.45) is 5.73 Å². The number of amides is 2. The number of hydrogen-bond donors (Lipinski definition) is 4. The molecular weight excluding hydrogens is 402 g/mol. The van der Waals surface area contributed by atoms with Gasteiger partial charge in [0.25, 0.3) is 0 Å². The molecule has 1 aromatic carbocycles. The fraction of sp³-hybridized carbons (Fsp3) is 0.250. The second-order valence-corrected chi connectivity index (χ2v) is 7.97. The Balaban J connectivity index is 1.72. The maximum atomic E-state index is 10.8. The molecule has 0 radical (unpaired) electrons. The number of thiophene rings is 1. The molecule has 0 spiro atoms. The lowest BCUT2D eigenvalue weighted by Crippen LogP contribution is -2.35. The molecule has 3 aromatic heterocycles. The molecule has 4 aromatic rings. The van der Waals surface area contributed by atoms with Gasteiger partial charge >= 0.3 is 6.03 Å². The van der Waals surface area contributed by atoms with Crippen molar-refractivity contribution >= 4 is 38.8 Å². The number of aromatic nitrogens is 3. The van der Waals surface area contributed by atoms with Crippen LogP contribution >= 0.6 is 11.3 Å². The van der Waals surface area contributed by atoms with E-state index < -0.39 is 6.03 Å². The monoisotopic (exact) mass is 425 g/mol. The molecule has 30 heavy (non-hydrogen) atoms. The Kier molecular flexibility index (Phi) is 5.42. The third kappa shape index (κ3) is 3.74. The topological polar surface area (TPSA) is 133 Å². The zero-order valence-electron chi connectivity index (χ0n) is 16.7. The molecule has 0 aliphatic carbocycles. The molecule has 9 nitrogen and oxygen atoms in total. The highest BCUT2D eigenvalue weighted by Crippen LogP contribution is 2.42. The number of primary amides is 1. The number of ether oxygens (including phenoxy) is 1. The van der Waals surface area contributed by atoms with E-state index in [0.29, 0.717) is 25.5 Å². The average Bonchev–Trinajstić information content (AvgIpc) is 3.29. The van der Waals surface area contributed by atoms with Crippen LogP contribution in [0, 0.1) is 6.92 Å². The van der Waals surface area contributed by atoms with E-state index >= 15 is 0 Å². The van der Waals surface area contributed by atoms with Crippen molar-refractivity contribution in [1.29, 1.82) is 0 Å². The standard InChI is InChI=1S/C20H23N7O2S/c1-11-5-12-7-16(30-18(12)15(6-11)29-2)14-8-13(9-23-3-4-24-20(22)28)27-17(14)19(21)25-10-26-27/h5-8,10,23H,3-4,9H2,1-2H3,(H2,21,25,26)(H3,22,24,28). The minimum absolute atomic E-state index is 0.419. The van der Waals surface area contributed by atoms with Gasteiger partial charge in [0.1, 0.15) is 17.6 Å². The first kappa shape index (κ1) is 19.9. The highest BCUT2D eigenvalue weighted by Gasteiger charge is 2.18. The number of nitrogen functional groups attached to an aromatic ring is 1. The molecule has 0 atom stereocenters. The molecule has 0 aliphatic rings. The molecule has 0 saturated carbocycles. The van der Waals surface area contributed by atoms with Crippen LogP contribution in [0.5, 0.6) is 5.75 Å². The van der Waals surface area contributed by atoms with Crippen molar-refractivity contribution in [3.8, 4) is 16.2 Å². The number of fused-ring (bicyclic) bond motifs is 2. The second-order valence-electron chi connectivity index (χ2n) is 6.92. The number of nitrogens with one attached hydrogen (secondary N) is 2. The van der Waals surface area contributed by atoms with Crippen LogP contribution in [0.1, 0.15) is 11.3 Å². The average molecular weight is 426 g/mol. The number of nitrogens with two attached hydrogens (primary N) is 2. The molecule has 156 valence electrons. The van der Waals surface area contributed by atoms with Gasteiger partial charge in [-0.25, -0.2) is 14.3 Å². The fourth-order valence-corrected chi connectivity index (χ4v) is 4.64. The summed E-state index contributed by atoms with van der Waals surface area (Å²) < 4.78 is 8.47. The predicted octanol–water partition coefficient (Wildman–Crippen LogP) is 2.27. The number of anilines is 1. The highest BCUT2D eigenvalue weighted by molar-refractivity contribution is 7.22. The first-order valence-corrected chi connectivity index (χ1v) is 10.2. The maximum absolute atomic E-state index is 10.8. The number of benzene rings is 1. The molecule has 0 bridgehead atoms. The molecule has 3 heterocycles. The van der Waals surface area contributed by atoms with Gasteiger partial charge in [0.2, 0.25) is 0 Å². The van der Waals surface area contributed by atoms with E-state index in [4.69, 9.17) is 16.2 Å². The van der Waals surface area contributed by atoms with Crippen molar-refractivity contribution in [3.63, 3.8) is 0 Å². The Bertz CT molecular complexity index is 1230. The Morgan fingerprint density at radius 3 is 2.87 bits per heavy atom. The van der Waals surface area contributed by atoms with Gasteiger partial charge in [-0.3, -0.25) is 0 Å². The third-order valence-electron chi connectivity index (χ3n) is 4.78. The van der Waals surface area contributed by atoms with E-state index in [1.165, 1.54) is 6.33 Å². The summed E-state index contributed by atoms with van der Waals surface area (Å²) in [5, 5.41) is 11.3.